The largest absolute Gasteiger partial charge is 0.383 e. The molecule has 90 valence electrons. The molecule has 4 nitrogen and oxygen atoms in total. The van der Waals surface area contributed by atoms with Crippen molar-refractivity contribution in [2.45, 2.75) is 12.5 Å². The number of hydrogen-bond donors (Lipinski definition) is 2. The van der Waals surface area contributed by atoms with Crippen molar-refractivity contribution in [1.82, 2.24) is 4.98 Å². The molecule has 3 N–H and O–H groups in total. The minimum absolute atomic E-state index is 0.0340. The summed E-state index contributed by atoms with van der Waals surface area (Å²) in [5.41, 5.74) is 5.78. The zero-order chi connectivity index (χ0) is 12.0. The van der Waals surface area contributed by atoms with Crippen LogP contribution in [-0.2, 0) is 4.74 Å². The van der Waals surface area contributed by atoms with Crippen molar-refractivity contribution in [1.29, 1.82) is 0 Å². The predicted octanol–water partition coefficient (Wildman–Crippen LogP) is 2.27. The summed E-state index contributed by atoms with van der Waals surface area (Å²) in [5.74, 6) is 0.675. The lowest BCUT2D eigenvalue weighted by Crippen LogP contribution is -2.28. The van der Waals surface area contributed by atoms with E-state index in [4.69, 9.17) is 22.1 Å². The molecule has 1 unspecified atom stereocenters. The van der Waals surface area contributed by atoms with E-state index in [1.807, 2.05) is 0 Å². The number of pyridine rings is 1. The number of nitrogens with zero attached hydrogens (tertiary/aromatic N) is 1. The Kier molecular flexibility index (Phi) is 6.05. The van der Waals surface area contributed by atoms with Gasteiger partial charge in [-0.1, -0.05) is 11.6 Å². The molecule has 0 aliphatic heterocycles. The first-order valence-electron chi connectivity index (χ1n) is 4.93. The lowest BCUT2D eigenvalue weighted by Gasteiger charge is -2.11. The van der Waals surface area contributed by atoms with Crippen molar-refractivity contribution in [2.75, 3.05) is 25.6 Å². The van der Waals surface area contributed by atoms with Crippen LogP contribution in [0, 0.1) is 0 Å². The van der Waals surface area contributed by atoms with Crippen LogP contribution in [0.1, 0.15) is 6.42 Å². The monoisotopic (exact) mass is 307 g/mol. The van der Waals surface area contributed by atoms with Crippen LogP contribution in [0.25, 0.3) is 0 Å². The number of ether oxygens (including phenoxy) is 1. The first-order valence-corrected chi connectivity index (χ1v) is 6.10. The maximum atomic E-state index is 6.00. The summed E-state index contributed by atoms with van der Waals surface area (Å²) in [5, 5.41) is 3.72. The Bertz CT molecular complexity index is 338. The Balaban J connectivity index is 2.37. The quantitative estimate of drug-likeness (QED) is 0.846. The second-order valence-electron chi connectivity index (χ2n) is 3.41. The third kappa shape index (κ3) is 4.65. The van der Waals surface area contributed by atoms with E-state index in [1.165, 1.54) is 0 Å². The number of anilines is 1. The molecule has 0 saturated heterocycles. The Labute approximate surface area is 109 Å². The van der Waals surface area contributed by atoms with E-state index in [-0.39, 0.29) is 6.04 Å². The third-order valence-corrected chi connectivity index (χ3v) is 2.72. The van der Waals surface area contributed by atoms with E-state index in [9.17, 15) is 0 Å². The minimum atomic E-state index is 0.0340. The highest BCUT2D eigenvalue weighted by Crippen LogP contribution is 2.22. The normalized spacial score (nSPS) is 12.5. The summed E-state index contributed by atoms with van der Waals surface area (Å²) < 4.78 is 5.81. The van der Waals surface area contributed by atoms with Gasteiger partial charge in [0, 0.05) is 30.4 Å². The standard InChI is InChI=1S/C10H15BrClN3O/c1-16-6-8(13)2-3-14-10-9(12)4-7(11)5-15-10/h4-5,8H,2-3,6,13H2,1H3,(H,14,15). The van der Waals surface area contributed by atoms with Crippen molar-refractivity contribution in [2.24, 2.45) is 5.73 Å². The molecule has 0 aromatic carbocycles. The van der Waals surface area contributed by atoms with Crippen molar-refractivity contribution in [3.8, 4) is 0 Å². The molecular formula is C10H15BrClN3O. The number of halogens is 2. The summed E-state index contributed by atoms with van der Waals surface area (Å²) in [6, 6.07) is 1.83. The molecule has 1 aromatic heterocycles. The summed E-state index contributed by atoms with van der Waals surface area (Å²) in [6.45, 7) is 1.28. The second-order valence-corrected chi connectivity index (χ2v) is 4.74. The zero-order valence-electron chi connectivity index (χ0n) is 9.04. The lowest BCUT2D eigenvalue weighted by molar-refractivity contribution is 0.178. The number of nitrogens with one attached hydrogen (secondary N) is 1. The summed E-state index contributed by atoms with van der Waals surface area (Å²) in [7, 11) is 1.64. The number of aromatic nitrogens is 1. The first-order chi connectivity index (χ1) is 7.63. The minimum Gasteiger partial charge on any atom is -0.383 e. The average Bonchev–Trinajstić information content (AvgIpc) is 2.22. The van der Waals surface area contributed by atoms with Gasteiger partial charge in [0.05, 0.1) is 11.6 Å². The van der Waals surface area contributed by atoms with Gasteiger partial charge in [0.15, 0.2) is 0 Å². The molecule has 1 atom stereocenters. The molecule has 1 rings (SSSR count). The molecule has 0 amide bonds. The molecule has 0 aliphatic carbocycles. The molecular weight excluding hydrogens is 293 g/mol. The van der Waals surface area contributed by atoms with Crippen LogP contribution in [0.4, 0.5) is 5.82 Å². The van der Waals surface area contributed by atoms with E-state index >= 15 is 0 Å². The van der Waals surface area contributed by atoms with E-state index in [0.29, 0.717) is 17.4 Å². The summed E-state index contributed by atoms with van der Waals surface area (Å²) in [6.07, 6.45) is 2.51. The maximum absolute atomic E-state index is 6.00. The van der Waals surface area contributed by atoms with Crippen LogP contribution in [-0.4, -0.2) is 31.3 Å². The van der Waals surface area contributed by atoms with Crippen LogP contribution < -0.4 is 11.1 Å². The third-order valence-electron chi connectivity index (χ3n) is 2.00. The molecule has 0 radical (unpaired) electrons. The molecule has 0 saturated carbocycles. The molecule has 0 fully saturated rings. The van der Waals surface area contributed by atoms with Gasteiger partial charge in [-0.05, 0) is 28.4 Å². The number of nitrogens with two attached hydrogens (primary N) is 1. The summed E-state index contributed by atoms with van der Waals surface area (Å²) >= 11 is 9.29. The molecule has 16 heavy (non-hydrogen) atoms. The number of methoxy groups -OCH3 is 1. The predicted molar refractivity (Wildman–Crippen MR) is 69.9 cm³/mol. The Hall–Kier alpha value is -0.360. The zero-order valence-corrected chi connectivity index (χ0v) is 11.4. The fourth-order valence-corrected chi connectivity index (χ4v) is 1.91. The van der Waals surface area contributed by atoms with Crippen LogP contribution in [0.2, 0.25) is 5.02 Å². The molecule has 6 heteroatoms. The van der Waals surface area contributed by atoms with Crippen LogP contribution >= 0.6 is 27.5 Å². The van der Waals surface area contributed by atoms with Crippen molar-refractivity contribution >= 4 is 33.3 Å². The van der Waals surface area contributed by atoms with Crippen molar-refractivity contribution in [3.63, 3.8) is 0 Å². The van der Waals surface area contributed by atoms with Gasteiger partial charge in [-0.25, -0.2) is 4.98 Å². The fourth-order valence-electron chi connectivity index (χ4n) is 1.22. The highest BCUT2D eigenvalue weighted by atomic mass is 79.9. The smallest absolute Gasteiger partial charge is 0.144 e. The highest BCUT2D eigenvalue weighted by Gasteiger charge is 2.04. The Morgan fingerprint density at radius 1 is 1.69 bits per heavy atom. The lowest BCUT2D eigenvalue weighted by atomic mass is 10.2. The topological polar surface area (TPSA) is 60.2 Å². The van der Waals surface area contributed by atoms with E-state index in [0.717, 1.165) is 17.4 Å². The fraction of sp³-hybridized carbons (Fsp3) is 0.500. The first kappa shape index (κ1) is 13.7. The van der Waals surface area contributed by atoms with Gasteiger partial charge < -0.3 is 15.8 Å². The van der Waals surface area contributed by atoms with Gasteiger partial charge in [0.1, 0.15) is 5.82 Å². The van der Waals surface area contributed by atoms with Gasteiger partial charge >= 0.3 is 0 Å². The van der Waals surface area contributed by atoms with Crippen LogP contribution in [0.3, 0.4) is 0 Å². The van der Waals surface area contributed by atoms with E-state index in [1.54, 1.807) is 19.4 Å². The molecule has 1 heterocycles. The SMILES string of the molecule is COCC(N)CCNc1ncc(Br)cc1Cl. The van der Waals surface area contributed by atoms with E-state index in [2.05, 4.69) is 26.2 Å². The van der Waals surface area contributed by atoms with Gasteiger partial charge in [0.2, 0.25) is 0 Å². The van der Waals surface area contributed by atoms with Crippen molar-refractivity contribution in [3.05, 3.63) is 21.8 Å². The van der Waals surface area contributed by atoms with E-state index < -0.39 is 0 Å². The highest BCUT2D eigenvalue weighted by molar-refractivity contribution is 9.10. The Morgan fingerprint density at radius 3 is 3.06 bits per heavy atom. The molecule has 0 aliphatic rings. The van der Waals surface area contributed by atoms with Crippen molar-refractivity contribution < 1.29 is 4.74 Å². The van der Waals surface area contributed by atoms with Crippen LogP contribution in [0.5, 0.6) is 0 Å². The van der Waals surface area contributed by atoms with Gasteiger partial charge in [-0.15, -0.1) is 0 Å². The molecule has 0 bridgehead atoms. The van der Waals surface area contributed by atoms with Gasteiger partial charge in [-0.2, -0.15) is 0 Å². The number of hydrogen-bond acceptors (Lipinski definition) is 4. The summed E-state index contributed by atoms with van der Waals surface area (Å²) in [4.78, 5) is 4.16. The molecule has 0 spiro atoms. The number of rotatable bonds is 6. The van der Waals surface area contributed by atoms with Crippen LogP contribution in [0.15, 0.2) is 16.7 Å². The van der Waals surface area contributed by atoms with Gasteiger partial charge in [0.25, 0.3) is 0 Å². The van der Waals surface area contributed by atoms with Gasteiger partial charge in [-0.3, -0.25) is 0 Å². The second kappa shape index (κ2) is 7.06. The average molecular weight is 309 g/mol. The molecule has 1 aromatic rings. The Morgan fingerprint density at radius 2 is 2.44 bits per heavy atom. The maximum Gasteiger partial charge on any atom is 0.144 e.